The van der Waals surface area contributed by atoms with E-state index in [0.717, 1.165) is 30.2 Å². The fourth-order valence-corrected chi connectivity index (χ4v) is 2.54. The summed E-state index contributed by atoms with van der Waals surface area (Å²) in [4.78, 5) is 16.8. The highest BCUT2D eigenvalue weighted by molar-refractivity contribution is 14.0. The first-order chi connectivity index (χ1) is 14.1. The zero-order valence-electron chi connectivity index (χ0n) is 18.0. The number of para-hydroxylation sites is 1. The molecule has 0 saturated heterocycles. The molecule has 0 spiro atoms. The summed E-state index contributed by atoms with van der Waals surface area (Å²) in [5, 5.41) is 9.47. The Kier molecular flexibility index (Phi) is 12.6. The molecule has 30 heavy (non-hydrogen) atoms. The van der Waals surface area contributed by atoms with Crippen LogP contribution in [0.4, 0.5) is 0 Å². The van der Waals surface area contributed by atoms with E-state index in [-0.39, 0.29) is 35.9 Å². The second-order valence-electron chi connectivity index (χ2n) is 6.76. The molecule has 0 heterocycles. The molecule has 1 unspecified atom stereocenters. The van der Waals surface area contributed by atoms with Crippen LogP contribution in [0.25, 0.3) is 0 Å². The predicted molar refractivity (Wildman–Crippen MR) is 134 cm³/mol. The minimum Gasteiger partial charge on any atom is -0.492 e. The van der Waals surface area contributed by atoms with E-state index < -0.39 is 0 Å². The van der Waals surface area contributed by atoms with E-state index in [1.165, 1.54) is 0 Å². The van der Waals surface area contributed by atoms with Crippen LogP contribution in [-0.4, -0.2) is 37.6 Å². The van der Waals surface area contributed by atoms with Gasteiger partial charge in [-0.15, -0.1) is 24.0 Å². The van der Waals surface area contributed by atoms with Gasteiger partial charge in [-0.25, -0.2) is 4.99 Å². The number of carbonyl (C=O) groups excluding carboxylic acids is 1. The molecule has 6 nitrogen and oxygen atoms in total. The molecule has 0 fully saturated rings. The summed E-state index contributed by atoms with van der Waals surface area (Å²) >= 11 is 0. The maximum Gasteiger partial charge on any atom is 0.251 e. The largest absolute Gasteiger partial charge is 0.492 e. The highest BCUT2D eigenvalue weighted by Crippen LogP contribution is 2.08. The molecule has 7 heteroatoms. The van der Waals surface area contributed by atoms with Gasteiger partial charge in [0, 0.05) is 18.2 Å². The number of aliphatic imine (C=N–C) groups is 1. The number of ether oxygens (including phenoxy) is 1. The van der Waals surface area contributed by atoms with Crippen LogP contribution >= 0.6 is 24.0 Å². The van der Waals surface area contributed by atoms with Crippen molar-refractivity contribution in [2.24, 2.45) is 4.99 Å². The molecule has 0 bridgehead atoms. The first-order valence-corrected chi connectivity index (χ1v) is 10.2. The van der Waals surface area contributed by atoms with E-state index >= 15 is 0 Å². The fourth-order valence-electron chi connectivity index (χ4n) is 2.54. The Morgan fingerprint density at radius 2 is 1.73 bits per heavy atom. The molecule has 0 aliphatic carbocycles. The van der Waals surface area contributed by atoms with Crippen LogP contribution in [0.5, 0.6) is 5.75 Å². The quantitative estimate of drug-likeness (QED) is 0.190. The van der Waals surface area contributed by atoms with E-state index in [4.69, 9.17) is 4.74 Å². The van der Waals surface area contributed by atoms with E-state index in [1.807, 2.05) is 68.4 Å². The van der Waals surface area contributed by atoms with Crippen LogP contribution < -0.4 is 20.7 Å². The molecule has 164 valence electrons. The van der Waals surface area contributed by atoms with Crippen molar-refractivity contribution in [2.45, 2.75) is 39.8 Å². The minimum atomic E-state index is -0.0391. The van der Waals surface area contributed by atoms with Gasteiger partial charge in [0.05, 0.1) is 13.1 Å². The van der Waals surface area contributed by atoms with Gasteiger partial charge < -0.3 is 20.7 Å². The number of hydrogen-bond donors (Lipinski definition) is 3. The average Bonchev–Trinajstić information content (AvgIpc) is 2.75. The molecular weight excluding hydrogens is 491 g/mol. The van der Waals surface area contributed by atoms with Crippen molar-refractivity contribution in [2.75, 3.05) is 19.7 Å². The number of amides is 1. The number of hydrogen-bond acceptors (Lipinski definition) is 3. The molecule has 1 atom stereocenters. The summed E-state index contributed by atoms with van der Waals surface area (Å²) in [7, 11) is 0. The molecule has 2 aromatic carbocycles. The predicted octanol–water partition coefficient (Wildman–Crippen LogP) is 3.97. The second kappa shape index (κ2) is 14.7. The first-order valence-electron chi connectivity index (χ1n) is 10.2. The Hall–Kier alpha value is -2.29. The van der Waals surface area contributed by atoms with Crippen LogP contribution in [-0.2, 0) is 6.54 Å². The molecule has 2 aromatic rings. The fraction of sp³-hybridized carbons (Fsp3) is 0.391. The molecule has 0 aromatic heterocycles. The number of rotatable bonds is 10. The summed E-state index contributed by atoms with van der Waals surface area (Å²) in [5.74, 6) is 1.55. The summed E-state index contributed by atoms with van der Waals surface area (Å²) in [5.41, 5.74) is 1.71. The van der Waals surface area contributed by atoms with Crippen molar-refractivity contribution >= 4 is 35.8 Å². The third-order valence-corrected chi connectivity index (χ3v) is 4.38. The number of nitrogens with one attached hydrogen (secondary N) is 3. The van der Waals surface area contributed by atoms with Crippen LogP contribution in [0.3, 0.4) is 0 Å². The van der Waals surface area contributed by atoms with Crippen molar-refractivity contribution in [3.63, 3.8) is 0 Å². The Morgan fingerprint density at radius 1 is 1.03 bits per heavy atom. The maximum absolute atomic E-state index is 12.2. The Bertz CT molecular complexity index is 767. The number of guanidine groups is 1. The van der Waals surface area contributed by atoms with Crippen LogP contribution in [0.1, 0.15) is 43.1 Å². The summed E-state index contributed by atoms with van der Waals surface area (Å²) in [6.45, 7) is 8.59. The SMILES string of the molecule is CCNC(=NCc1ccc(C(=O)NC(C)CC)cc1)NCCOc1ccccc1.I. The van der Waals surface area contributed by atoms with Gasteiger partial charge in [-0.2, -0.15) is 0 Å². The minimum absolute atomic E-state index is 0. The molecule has 3 N–H and O–H groups in total. The third kappa shape index (κ3) is 9.47. The lowest BCUT2D eigenvalue weighted by Gasteiger charge is -2.12. The van der Waals surface area contributed by atoms with Crippen molar-refractivity contribution in [3.05, 3.63) is 65.7 Å². The van der Waals surface area contributed by atoms with Gasteiger partial charge in [-0.05, 0) is 50.1 Å². The van der Waals surface area contributed by atoms with Crippen molar-refractivity contribution in [3.8, 4) is 5.75 Å². The lowest BCUT2D eigenvalue weighted by atomic mass is 10.1. The molecule has 2 rings (SSSR count). The van der Waals surface area contributed by atoms with Gasteiger partial charge in [-0.3, -0.25) is 4.79 Å². The van der Waals surface area contributed by atoms with E-state index in [0.29, 0.717) is 25.3 Å². The molecule has 1 amide bonds. The zero-order valence-corrected chi connectivity index (χ0v) is 20.3. The monoisotopic (exact) mass is 524 g/mol. The van der Waals surface area contributed by atoms with E-state index in [1.54, 1.807) is 0 Å². The standard InChI is InChI=1S/C23H32N4O2.HI/c1-4-18(3)27-22(28)20-13-11-19(12-14-20)17-26-23(24-5-2)25-15-16-29-21-9-7-6-8-10-21;/h6-14,18H,4-5,15-17H2,1-3H3,(H,27,28)(H2,24,25,26);1H. The van der Waals surface area contributed by atoms with Gasteiger partial charge >= 0.3 is 0 Å². The second-order valence-corrected chi connectivity index (χ2v) is 6.76. The first kappa shape index (κ1) is 25.7. The third-order valence-electron chi connectivity index (χ3n) is 4.38. The molecule has 0 radical (unpaired) electrons. The van der Waals surface area contributed by atoms with Gasteiger partial charge in [0.2, 0.25) is 0 Å². The Morgan fingerprint density at radius 3 is 2.37 bits per heavy atom. The molecule has 0 aliphatic rings. The van der Waals surface area contributed by atoms with Crippen LogP contribution in [0, 0.1) is 0 Å². The molecule has 0 saturated carbocycles. The summed E-state index contributed by atoms with van der Waals surface area (Å²) in [6, 6.07) is 17.5. The van der Waals surface area contributed by atoms with Gasteiger partial charge in [-0.1, -0.05) is 37.3 Å². The smallest absolute Gasteiger partial charge is 0.251 e. The molecule has 0 aliphatic heterocycles. The van der Waals surface area contributed by atoms with Crippen molar-refractivity contribution in [1.29, 1.82) is 0 Å². The highest BCUT2D eigenvalue weighted by atomic mass is 127. The van der Waals surface area contributed by atoms with Crippen LogP contribution in [0.15, 0.2) is 59.6 Å². The topological polar surface area (TPSA) is 74.8 Å². The maximum atomic E-state index is 12.2. The molecular formula is C23H33IN4O2. The number of nitrogens with zero attached hydrogens (tertiary/aromatic N) is 1. The summed E-state index contributed by atoms with van der Waals surface area (Å²) in [6.07, 6.45) is 0.912. The lowest BCUT2D eigenvalue weighted by molar-refractivity contribution is 0.0939. The van der Waals surface area contributed by atoms with Crippen molar-refractivity contribution < 1.29 is 9.53 Å². The highest BCUT2D eigenvalue weighted by Gasteiger charge is 2.08. The van der Waals surface area contributed by atoms with Gasteiger partial charge in [0.25, 0.3) is 5.91 Å². The number of benzene rings is 2. The lowest BCUT2D eigenvalue weighted by Crippen LogP contribution is -2.39. The average molecular weight is 524 g/mol. The van der Waals surface area contributed by atoms with Gasteiger partial charge in [0.1, 0.15) is 12.4 Å². The zero-order chi connectivity index (χ0) is 20.9. The number of halogens is 1. The van der Waals surface area contributed by atoms with Gasteiger partial charge in [0.15, 0.2) is 5.96 Å². The summed E-state index contributed by atoms with van der Waals surface area (Å²) < 4.78 is 5.69. The Balaban J connectivity index is 0.00000450. The van der Waals surface area contributed by atoms with E-state index in [9.17, 15) is 4.79 Å². The van der Waals surface area contributed by atoms with Crippen molar-refractivity contribution in [1.82, 2.24) is 16.0 Å². The normalized spacial score (nSPS) is 11.8. The van der Waals surface area contributed by atoms with Crippen LogP contribution in [0.2, 0.25) is 0 Å². The Labute approximate surface area is 196 Å². The number of carbonyl (C=O) groups is 1. The van der Waals surface area contributed by atoms with E-state index in [2.05, 4.69) is 27.9 Å².